The number of hydrogen-bond acceptors (Lipinski definition) is 4. The number of para-hydroxylation sites is 2. The molecule has 0 aromatic heterocycles. The number of anilines is 1. The highest BCUT2D eigenvalue weighted by Gasteiger charge is 2.36. The van der Waals surface area contributed by atoms with Crippen molar-refractivity contribution in [3.63, 3.8) is 0 Å². The minimum atomic E-state index is -0.774. The van der Waals surface area contributed by atoms with Gasteiger partial charge in [0.25, 0.3) is 11.8 Å². The van der Waals surface area contributed by atoms with Crippen LogP contribution >= 0.6 is 0 Å². The summed E-state index contributed by atoms with van der Waals surface area (Å²) in [6.45, 7) is 0. The van der Waals surface area contributed by atoms with Crippen LogP contribution in [-0.2, 0) is 9.59 Å². The van der Waals surface area contributed by atoms with Gasteiger partial charge in [-0.15, -0.1) is 0 Å². The Bertz CT molecular complexity index is 1110. The highest BCUT2D eigenvalue weighted by atomic mass is 16.5. The van der Waals surface area contributed by atoms with E-state index in [0.29, 0.717) is 22.7 Å². The fourth-order valence-electron chi connectivity index (χ4n) is 2.93. The van der Waals surface area contributed by atoms with Crippen molar-refractivity contribution in [1.82, 2.24) is 5.32 Å². The van der Waals surface area contributed by atoms with Gasteiger partial charge in [0.1, 0.15) is 17.1 Å². The molecular formula is C23H16N2O4. The summed E-state index contributed by atoms with van der Waals surface area (Å²) in [6.07, 6.45) is 1.44. The Morgan fingerprint density at radius 1 is 0.759 bits per heavy atom. The second-order valence-corrected chi connectivity index (χ2v) is 6.28. The first-order valence-electron chi connectivity index (χ1n) is 8.91. The number of carbonyl (C=O) groups excluding carboxylic acids is 3. The van der Waals surface area contributed by atoms with Gasteiger partial charge < -0.3 is 4.74 Å². The van der Waals surface area contributed by atoms with Crippen molar-refractivity contribution in [3.05, 3.63) is 96.1 Å². The van der Waals surface area contributed by atoms with E-state index in [-0.39, 0.29) is 5.57 Å². The van der Waals surface area contributed by atoms with Crippen molar-refractivity contribution >= 4 is 29.6 Å². The van der Waals surface area contributed by atoms with Gasteiger partial charge in [-0.3, -0.25) is 14.9 Å². The molecule has 1 aliphatic rings. The number of nitrogens with zero attached hydrogens (tertiary/aromatic N) is 1. The fourth-order valence-corrected chi connectivity index (χ4v) is 2.93. The van der Waals surface area contributed by atoms with Gasteiger partial charge in [0.05, 0.1) is 5.69 Å². The zero-order chi connectivity index (χ0) is 20.2. The van der Waals surface area contributed by atoms with Crippen molar-refractivity contribution in [2.45, 2.75) is 0 Å². The average molecular weight is 384 g/mol. The largest absolute Gasteiger partial charge is 0.457 e. The summed E-state index contributed by atoms with van der Waals surface area (Å²) < 4.78 is 5.79. The lowest BCUT2D eigenvalue weighted by Crippen LogP contribution is -2.54. The summed E-state index contributed by atoms with van der Waals surface area (Å²) >= 11 is 0. The number of nitrogens with one attached hydrogen (secondary N) is 1. The van der Waals surface area contributed by atoms with Gasteiger partial charge in [0, 0.05) is 0 Å². The topological polar surface area (TPSA) is 75.7 Å². The van der Waals surface area contributed by atoms with Gasteiger partial charge >= 0.3 is 6.03 Å². The number of barbiturate groups is 1. The monoisotopic (exact) mass is 384 g/mol. The van der Waals surface area contributed by atoms with Crippen LogP contribution in [0.25, 0.3) is 6.08 Å². The van der Waals surface area contributed by atoms with Gasteiger partial charge in [-0.2, -0.15) is 0 Å². The molecule has 1 aliphatic heterocycles. The summed E-state index contributed by atoms with van der Waals surface area (Å²) in [5.41, 5.74) is 0.846. The van der Waals surface area contributed by atoms with Crippen LogP contribution in [0, 0.1) is 0 Å². The summed E-state index contributed by atoms with van der Waals surface area (Å²) in [5.74, 6) is -0.185. The number of urea groups is 1. The SMILES string of the molecule is O=C1NC(=O)N(c2ccccc2)C(=O)/C1=C\c1cccc(Oc2ccccc2)c1. The first-order chi connectivity index (χ1) is 14.1. The molecule has 3 aromatic rings. The molecule has 142 valence electrons. The van der Waals surface area contributed by atoms with Gasteiger partial charge in [0.2, 0.25) is 0 Å². The maximum Gasteiger partial charge on any atom is 0.335 e. The summed E-state index contributed by atoms with van der Waals surface area (Å²) in [5, 5.41) is 2.21. The van der Waals surface area contributed by atoms with Crippen molar-refractivity contribution in [3.8, 4) is 11.5 Å². The molecule has 0 aliphatic carbocycles. The van der Waals surface area contributed by atoms with Crippen LogP contribution in [-0.4, -0.2) is 17.8 Å². The van der Waals surface area contributed by atoms with Crippen LogP contribution in [0.1, 0.15) is 5.56 Å². The van der Waals surface area contributed by atoms with E-state index in [1.807, 2.05) is 30.3 Å². The molecule has 1 heterocycles. The number of hydrogen-bond donors (Lipinski definition) is 1. The van der Waals surface area contributed by atoms with Crippen molar-refractivity contribution in [2.75, 3.05) is 4.90 Å². The Morgan fingerprint density at radius 2 is 1.41 bits per heavy atom. The van der Waals surface area contributed by atoms with E-state index in [4.69, 9.17) is 4.74 Å². The van der Waals surface area contributed by atoms with Crippen LogP contribution in [0.15, 0.2) is 90.5 Å². The zero-order valence-electron chi connectivity index (χ0n) is 15.2. The molecule has 0 bridgehead atoms. The number of imide groups is 2. The molecule has 1 N–H and O–H groups in total. The number of benzene rings is 3. The maximum atomic E-state index is 12.9. The van der Waals surface area contributed by atoms with E-state index in [0.717, 1.165) is 4.90 Å². The minimum absolute atomic E-state index is 0.134. The average Bonchev–Trinajstić information content (AvgIpc) is 2.73. The maximum absolute atomic E-state index is 12.9. The Hall–Kier alpha value is -4.19. The molecule has 6 heteroatoms. The summed E-state index contributed by atoms with van der Waals surface area (Å²) in [6, 6.07) is 23.9. The molecule has 6 nitrogen and oxygen atoms in total. The van der Waals surface area contributed by atoms with E-state index >= 15 is 0 Å². The second-order valence-electron chi connectivity index (χ2n) is 6.28. The third-order valence-electron chi connectivity index (χ3n) is 4.26. The van der Waals surface area contributed by atoms with E-state index in [1.54, 1.807) is 54.6 Å². The van der Waals surface area contributed by atoms with Crippen LogP contribution in [0.5, 0.6) is 11.5 Å². The lowest BCUT2D eigenvalue weighted by molar-refractivity contribution is -0.122. The van der Waals surface area contributed by atoms with Gasteiger partial charge in [-0.25, -0.2) is 9.69 Å². The lowest BCUT2D eigenvalue weighted by atomic mass is 10.1. The molecule has 4 amide bonds. The van der Waals surface area contributed by atoms with Crippen molar-refractivity contribution in [1.29, 1.82) is 0 Å². The van der Waals surface area contributed by atoms with E-state index in [2.05, 4.69) is 5.32 Å². The van der Waals surface area contributed by atoms with Crippen LogP contribution in [0.2, 0.25) is 0 Å². The van der Waals surface area contributed by atoms with E-state index in [9.17, 15) is 14.4 Å². The molecule has 0 atom stereocenters. The summed E-state index contributed by atoms with van der Waals surface area (Å²) in [7, 11) is 0. The zero-order valence-corrected chi connectivity index (χ0v) is 15.2. The predicted molar refractivity (Wildman–Crippen MR) is 108 cm³/mol. The third-order valence-corrected chi connectivity index (χ3v) is 4.26. The molecule has 4 rings (SSSR count). The second kappa shape index (κ2) is 7.82. The molecule has 0 radical (unpaired) electrons. The molecule has 1 fully saturated rings. The lowest BCUT2D eigenvalue weighted by Gasteiger charge is -2.26. The van der Waals surface area contributed by atoms with E-state index in [1.165, 1.54) is 6.08 Å². The molecule has 0 spiro atoms. The van der Waals surface area contributed by atoms with Crippen LogP contribution < -0.4 is 15.0 Å². The molecule has 29 heavy (non-hydrogen) atoms. The standard InChI is InChI=1S/C23H16N2O4/c26-21-20(22(27)25(23(28)24-21)17-9-3-1-4-10-17)15-16-8-7-13-19(14-16)29-18-11-5-2-6-12-18/h1-15H,(H,24,26,28)/b20-15-. The third kappa shape index (κ3) is 3.91. The van der Waals surface area contributed by atoms with Crippen molar-refractivity contribution < 1.29 is 19.1 Å². The Morgan fingerprint density at radius 3 is 2.14 bits per heavy atom. The molecule has 3 aromatic carbocycles. The molecule has 0 unspecified atom stereocenters. The minimum Gasteiger partial charge on any atom is -0.457 e. The Kier molecular flexibility index (Phi) is 4.90. The predicted octanol–water partition coefficient (Wildman–Crippen LogP) is 4.15. The van der Waals surface area contributed by atoms with Gasteiger partial charge in [-0.1, -0.05) is 48.5 Å². The number of amides is 4. The first-order valence-corrected chi connectivity index (χ1v) is 8.91. The highest BCUT2D eigenvalue weighted by molar-refractivity contribution is 6.39. The van der Waals surface area contributed by atoms with Crippen LogP contribution in [0.3, 0.4) is 0 Å². The quantitative estimate of drug-likeness (QED) is 0.542. The Balaban J connectivity index is 1.64. The smallest absolute Gasteiger partial charge is 0.335 e. The summed E-state index contributed by atoms with van der Waals surface area (Å²) in [4.78, 5) is 38.3. The highest BCUT2D eigenvalue weighted by Crippen LogP contribution is 2.25. The normalized spacial score (nSPS) is 15.4. The number of ether oxygens (including phenoxy) is 1. The number of rotatable bonds is 4. The first kappa shape index (κ1) is 18.2. The van der Waals surface area contributed by atoms with Gasteiger partial charge in [-0.05, 0) is 48.0 Å². The molecule has 1 saturated heterocycles. The Labute approximate surface area is 167 Å². The molecule has 0 saturated carbocycles. The van der Waals surface area contributed by atoms with Crippen molar-refractivity contribution in [2.24, 2.45) is 0 Å². The molecular weight excluding hydrogens is 368 g/mol. The van der Waals surface area contributed by atoms with Gasteiger partial charge in [0.15, 0.2) is 0 Å². The van der Waals surface area contributed by atoms with E-state index < -0.39 is 17.8 Å². The van der Waals surface area contributed by atoms with Crippen LogP contribution in [0.4, 0.5) is 10.5 Å². The number of carbonyl (C=O) groups is 3. The fraction of sp³-hybridized carbons (Fsp3) is 0.